The number of nitro benzene ring substituents is 1. The van der Waals surface area contributed by atoms with E-state index in [-0.39, 0.29) is 21.8 Å². The zero-order valence-corrected chi connectivity index (χ0v) is 10.2. The van der Waals surface area contributed by atoms with Gasteiger partial charge >= 0.3 is 0 Å². The Bertz CT molecular complexity index is 673. The molecule has 0 atom stereocenters. The van der Waals surface area contributed by atoms with Crippen molar-refractivity contribution in [2.24, 2.45) is 0 Å². The van der Waals surface area contributed by atoms with E-state index in [1.807, 2.05) is 0 Å². The van der Waals surface area contributed by atoms with Gasteiger partial charge in [-0.2, -0.15) is 0 Å². The number of nitrogens with zero attached hydrogens (tertiary/aromatic N) is 1. The van der Waals surface area contributed by atoms with Crippen LogP contribution in [0, 0.1) is 15.9 Å². The minimum Gasteiger partial charge on any atom is -0.288 e. The summed E-state index contributed by atoms with van der Waals surface area (Å²) in [5.74, 6) is -1.39. The Morgan fingerprint density at radius 2 is 1.84 bits per heavy atom. The quantitative estimate of drug-likeness (QED) is 0.490. The Kier molecular flexibility index (Phi) is 3.57. The highest BCUT2D eigenvalue weighted by atomic mass is 35.5. The molecule has 0 aliphatic carbocycles. The van der Waals surface area contributed by atoms with E-state index in [4.69, 9.17) is 11.6 Å². The Morgan fingerprint density at radius 1 is 1.16 bits per heavy atom. The normalized spacial score (nSPS) is 10.2. The van der Waals surface area contributed by atoms with Crippen LogP contribution in [-0.2, 0) is 0 Å². The standard InChI is InChI=1S/C13H7ClFNO3/c14-11-6-5-8(16(18)19)7-10(11)13(17)9-3-1-2-4-12(9)15/h1-7H. The van der Waals surface area contributed by atoms with Crippen LogP contribution in [0.25, 0.3) is 0 Å². The Hall–Kier alpha value is -2.27. The van der Waals surface area contributed by atoms with E-state index in [0.29, 0.717) is 0 Å². The Balaban J connectivity index is 2.53. The van der Waals surface area contributed by atoms with Crippen molar-refractivity contribution in [3.8, 4) is 0 Å². The number of non-ortho nitro benzene ring substituents is 1. The van der Waals surface area contributed by atoms with Gasteiger partial charge in [0.2, 0.25) is 0 Å². The molecular weight excluding hydrogens is 273 g/mol. The minimum atomic E-state index is -0.699. The molecule has 0 aliphatic rings. The molecule has 6 heteroatoms. The van der Waals surface area contributed by atoms with E-state index in [2.05, 4.69) is 0 Å². The van der Waals surface area contributed by atoms with Gasteiger partial charge in [0.1, 0.15) is 5.82 Å². The topological polar surface area (TPSA) is 60.2 Å². The van der Waals surface area contributed by atoms with Crippen LogP contribution in [0.15, 0.2) is 42.5 Å². The van der Waals surface area contributed by atoms with E-state index in [0.717, 1.165) is 12.1 Å². The molecule has 0 amide bonds. The van der Waals surface area contributed by atoms with E-state index in [9.17, 15) is 19.3 Å². The number of carbonyl (C=O) groups excluding carboxylic acids is 1. The summed E-state index contributed by atoms with van der Waals surface area (Å²) in [6.45, 7) is 0. The second-order valence-corrected chi connectivity index (χ2v) is 4.14. The molecule has 0 aliphatic heterocycles. The maximum Gasteiger partial charge on any atom is 0.270 e. The van der Waals surface area contributed by atoms with Crippen LogP contribution in [0.1, 0.15) is 15.9 Å². The molecular formula is C13H7ClFNO3. The lowest BCUT2D eigenvalue weighted by molar-refractivity contribution is -0.384. The highest BCUT2D eigenvalue weighted by molar-refractivity contribution is 6.35. The lowest BCUT2D eigenvalue weighted by Gasteiger charge is -2.04. The summed E-state index contributed by atoms with van der Waals surface area (Å²) in [6, 6.07) is 8.85. The van der Waals surface area contributed by atoms with E-state index in [1.54, 1.807) is 0 Å². The van der Waals surface area contributed by atoms with E-state index in [1.165, 1.54) is 30.3 Å². The number of carbonyl (C=O) groups is 1. The molecule has 19 heavy (non-hydrogen) atoms. The molecule has 2 rings (SSSR count). The summed E-state index contributed by atoms with van der Waals surface area (Å²) in [6.07, 6.45) is 0. The summed E-state index contributed by atoms with van der Waals surface area (Å²) in [5, 5.41) is 10.7. The van der Waals surface area contributed by atoms with Crippen LogP contribution in [0.5, 0.6) is 0 Å². The summed E-state index contributed by atoms with van der Waals surface area (Å²) in [4.78, 5) is 22.1. The van der Waals surface area contributed by atoms with Crippen LogP contribution in [-0.4, -0.2) is 10.7 Å². The van der Waals surface area contributed by atoms with Gasteiger partial charge in [-0.1, -0.05) is 23.7 Å². The molecule has 0 radical (unpaired) electrons. The van der Waals surface area contributed by atoms with Crippen LogP contribution in [0.4, 0.5) is 10.1 Å². The van der Waals surface area contributed by atoms with Crippen LogP contribution in [0.3, 0.4) is 0 Å². The molecule has 0 heterocycles. The first-order valence-electron chi connectivity index (χ1n) is 5.24. The number of hydrogen-bond donors (Lipinski definition) is 0. The molecule has 0 fully saturated rings. The monoisotopic (exact) mass is 279 g/mol. The molecule has 96 valence electrons. The number of hydrogen-bond acceptors (Lipinski definition) is 3. The van der Waals surface area contributed by atoms with Gasteiger partial charge < -0.3 is 0 Å². The van der Waals surface area contributed by atoms with Crippen molar-refractivity contribution in [3.63, 3.8) is 0 Å². The van der Waals surface area contributed by atoms with Gasteiger partial charge in [0, 0.05) is 17.7 Å². The largest absolute Gasteiger partial charge is 0.288 e. The Morgan fingerprint density at radius 3 is 2.47 bits per heavy atom. The van der Waals surface area contributed by atoms with Gasteiger partial charge in [-0.25, -0.2) is 4.39 Å². The first-order valence-corrected chi connectivity index (χ1v) is 5.61. The number of halogens is 2. The van der Waals surface area contributed by atoms with Gasteiger partial charge in [-0.3, -0.25) is 14.9 Å². The van der Waals surface area contributed by atoms with Crippen LogP contribution in [0.2, 0.25) is 5.02 Å². The Labute approximate surface area is 112 Å². The predicted octanol–water partition coefficient (Wildman–Crippen LogP) is 3.62. The summed E-state index contributed by atoms with van der Waals surface area (Å²) in [5.41, 5.74) is -0.546. The maximum absolute atomic E-state index is 13.5. The molecule has 0 saturated carbocycles. The van der Waals surface area contributed by atoms with Crippen LogP contribution < -0.4 is 0 Å². The molecule has 2 aromatic carbocycles. The fourth-order valence-corrected chi connectivity index (χ4v) is 1.79. The van der Waals surface area contributed by atoms with Gasteiger partial charge in [-0.15, -0.1) is 0 Å². The summed E-state index contributed by atoms with van der Waals surface area (Å²) in [7, 11) is 0. The van der Waals surface area contributed by atoms with Gasteiger partial charge in [0.05, 0.1) is 15.5 Å². The SMILES string of the molecule is O=C(c1ccccc1F)c1cc([N+](=O)[O-])ccc1Cl. The first-order chi connectivity index (χ1) is 9.00. The van der Waals surface area contributed by atoms with Gasteiger partial charge in [0.15, 0.2) is 5.78 Å². The summed E-state index contributed by atoms with van der Waals surface area (Å²) < 4.78 is 13.5. The van der Waals surface area contributed by atoms with Crippen molar-refractivity contribution in [2.75, 3.05) is 0 Å². The second kappa shape index (κ2) is 5.16. The van der Waals surface area contributed by atoms with Crippen molar-refractivity contribution in [3.05, 3.63) is 74.5 Å². The van der Waals surface area contributed by atoms with E-state index < -0.39 is 16.5 Å². The molecule has 2 aromatic rings. The van der Waals surface area contributed by atoms with Crippen molar-refractivity contribution >= 4 is 23.1 Å². The fraction of sp³-hybridized carbons (Fsp3) is 0. The molecule has 4 nitrogen and oxygen atoms in total. The predicted molar refractivity (Wildman–Crippen MR) is 67.9 cm³/mol. The van der Waals surface area contributed by atoms with Gasteiger partial charge in [-0.05, 0) is 18.2 Å². The highest BCUT2D eigenvalue weighted by Gasteiger charge is 2.19. The zero-order valence-electron chi connectivity index (χ0n) is 9.47. The minimum absolute atomic E-state index is 0.0406. The number of benzene rings is 2. The van der Waals surface area contributed by atoms with Crippen molar-refractivity contribution < 1.29 is 14.1 Å². The van der Waals surface area contributed by atoms with Crippen LogP contribution >= 0.6 is 11.6 Å². The molecule has 0 unspecified atom stereocenters. The third-order valence-electron chi connectivity index (χ3n) is 2.52. The second-order valence-electron chi connectivity index (χ2n) is 3.73. The van der Waals surface area contributed by atoms with Crippen molar-refractivity contribution in [1.29, 1.82) is 0 Å². The zero-order chi connectivity index (χ0) is 14.0. The van der Waals surface area contributed by atoms with E-state index >= 15 is 0 Å². The molecule has 0 bridgehead atoms. The fourth-order valence-electron chi connectivity index (χ4n) is 1.59. The molecule has 0 spiro atoms. The van der Waals surface area contributed by atoms with Crippen molar-refractivity contribution in [2.45, 2.75) is 0 Å². The average molecular weight is 280 g/mol. The third kappa shape index (κ3) is 2.61. The molecule has 0 aromatic heterocycles. The van der Waals surface area contributed by atoms with Gasteiger partial charge in [0.25, 0.3) is 5.69 Å². The molecule has 0 N–H and O–H groups in total. The molecule has 0 saturated heterocycles. The lowest BCUT2D eigenvalue weighted by Crippen LogP contribution is -2.05. The number of nitro groups is 1. The third-order valence-corrected chi connectivity index (χ3v) is 2.85. The smallest absolute Gasteiger partial charge is 0.270 e. The highest BCUT2D eigenvalue weighted by Crippen LogP contribution is 2.25. The average Bonchev–Trinajstić information content (AvgIpc) is 2.38. The lowest BCUT2D eigenvalue weighted by atomic mass is 10.0. The first kappa shape index (κ1) is 13.2. The van der Waals surface area contributed by atoms with Crippen molar-refractivity contribution in [1.82, 2.24) is 0 Å². The number of ketones is 1. The number of rotatable bonds is 3. The maximum atomic E-state index is 13.5. The summed E-state index contributed by atoms with van der Waals surface area (Å²) >= 11 is 5.83.